The van der Waals surface area contributed by atoms with Crippen molar-refractivity contribution in [1.82, 2.24) is 4.98 Å². The zero-order valence-corrected chi connectivity index (χ0v) is 28.0. The van der Waals surface area contributed by atoms with Gasteiger partial charge in [-0.25, -0.2) is 4.98 Å². The molecular formula is C31H38Cl4CoN3. The van der Waals surface area contributed by atoms with Gasteiger partial charge < -0.3 is 37.2 Å². The number of aliphatic imine (C=N–C) groups is 2. The van der Waals surface area contributed by atoms with Crippen LogP contribution in [0.5, 0.6) is 0 Å². The van der Waals surface area contributed by atoms with Crippen LogP contribution >= 0.6 is 11.6 Å². The summed E-state index contributed by atoms with van der Waals surface area (Å²) in [4.78, 5) is 15.1. The largest absolute Gasteiger partial charge is 3.00 e. The zero-order chi connectivity index (χ0) is 25.7. The van der Waals surface area contributed by atoms with Gasteiger partial charge in [0, 0.05) is 5.02 Å². The van der Waals surface area contributed by atoms with E-state index in [2.05, 4.69) is 65.8 Å². The zero-order valence-electron chi connectivity index (χ0n) is 24.0. The van der Waals surface area contributed by atoms with Crippen LogP contribution in [-0.2, 0) is 42.5 Å². The fourth-order valence-corrected chi connectivity index (χ4v) is 4.76. The number of benzene rings is 2. The number of pyridine rings is 1. The van der Waals surface area contributed by atoms with E-state index >= 15 is 0 Å². The Morgan fingerprint density at radius 3 is 1.15 bits per heavy atom. The quantitative estimate of drug-likeness (QED) is 0.313. The normalized spacial score (nSPS) is 11.1. The Morgan fingerprint density at radius 2 is 0.897 bits per heavy atom. The van der Waals surface area contributed by atoms with Crippen molar-refractivity contribution in [2.75, 3.05) is 0 Å². The van der Waals surface area contributed by atoms with Gasteiger partial charge in [-0.05, 0) is 87.8 Å². The van der Waals surface area contributed by atoms with E-state index in [1.54, 1.807) is 0 Å². The predicted octanol–water partition coefficient (Wildman–Crippen LogP) is -0.108. The summed E-state index contributed by atoms with van der Waals surface area (Å²) in [6.45, 7) is 17.0. The Kier molecular flexibility index (Phi) is 18.5. The second-order valence-corrected chi connectivity index (χ2v) is 9.66. The molecule has 0 saturated carbocycles. The summed E-state index contributed by atoms with van der Waals surface area (Å²) in [5.74, 6) is 0. The molecule has 0 bridgehead atoms. The van der Waals surface area contributed by atoms with Crippen LogP contribution in [0.1, 0.15) is 86.3 Å². The smallest absolute Gasteiger partial charge is 1.00 e. The van der Waals surface area contributed by atoms with Crippen molar-refractivity contribution >= 4 is 34.4 Å². The van der Waals surface area contributed by atoms with Crippen molar-refractivity contribution in [3.8, 4) is 0 Å². The number of hydrogen-bond acceptors (Lipinski definition) is 3. The first-order valence-corrected chi connectivity index (χ1v) is 13.1. The van der Waals surface area contributed by atoms with Gasteiger partial charge >= 0.3 is 16.8 Å². The van der Waals surface area contributed by atoms with Gasteiger partial charge in [0.2, 0.25) is 0 Å². The first kappa shape index (κ1) is 39.7. The molecule has 0 N–H and O–H groups in total. The molecule has 0 spiro atoms. The standard InChI is InChI=1S/C31H38ClN3.3ClH.Co/c1-9-23-13-19(5)14-24(10-2)30(23)33-21(7)28-17-27(32)18-29(35-28)22(8)34-31-25(11-3)15-20(6)16-26(31)12-4;;;;/h13-18H,9-12H2,1-8H3;3*1H;/q;;;;+3/p-3. The summed E-state index contributed by atoms with van der Waals surface area (Å²) in [5, 5.41) is 0.639. The molecule has 214 valence electrons. The minimum absolute atomic E-state index is 0. The van der Waals surface area contributed by atoms with Crippen LogP contribution in [-0.4, -0.2) is 16.4 Å². The maximum atomic E-state index is 6.57. The summed E-state index contributed by atoms with van der Waals surface area (Å²) in [6.07, 6.45) is 3.77. The van der Waals surface area contributed by atoms with Crippen LogP contribution in [0, 0.1) is 13.8 Å². The molecule has 0 amide bonds. The summed E-state index contributed by atoms with van der Waals surface area (Å²) in [7, 11) is 0. The number of halogens is 4. The Hall–Kier alpha value is -1.40. The molecular weight excluding hydrogens is 615 g/mol. The van der Waals surface area contributed by atoms with Crippen LogP contribution in [0.2, 0.25) is 5.02 Å². The monoisotopic (exact) mass is 651 g/mol. The van der Waals surface area contributed by atoms with Gasteiger partial charge in [-0.15, -0.1) is 0 Å². The number of aromatic nitrogens is 1. The average Bonchev–Trinajstić information content (AvgIpc) is 2.84. The van der Waals surface area contributed by atoms with Gasteiger partial charge in [0.15, 0.2) is 0 Å². The Labute approximate surface area is 269 Å². The second-order valence-electron chi connectivity index (χ2n) is 9.23. The van der Waals surface area contributed by atoms with Crippen molar-refractivity contribution in [2.45, 2.75) is 81.1 Å². The molecule has 3 aromatic rings. The third-order valence-electron chi connectivity index (χ3n) is 6.44. The molecule has 1 aromatic heterocycles. The van der Waals surface area contributed by atoms with Crippen molar-refractivity contribution in [1.29, 1.82) is 0 Å². The molecule has 0 atom stereocenters. The molecule has 2 aromatic carbocycles. The predicted molar refractivity (Wildman–Crippen MR) is 153 cm³/mol. The topological polar surface area (TPSA) is 37.6 Å². The maximum absolute atomic E-state index is 6.57. The summed E-state index contributed by atoms with van der Waals surface area (Å²) in [6, 6.07) is 12.7. The molecule has 0 fully saturated rings. The number of aryl methyl sites for hydroxylation is 6. The molecule has 0 aliphatic rings. The fraction of sp³-hybridized carbons (Fsp3) is 0.387. The maximum Gasteiger partial charge on any atom is 3.00 e. The summed E-state index contributed by atoms with van der Waals surface area (Å²) in [5.41, 5.74) is 13.0. The molecule has 3 rings (SSSR count). The van der Waals surface area contributed by atoms with Crippen LogP contribution in [0.15, 0.2) is 46.4 Å². The second kappa shape index (κ2) is 18.1. The van der Waals surface area contributed by atoms with E-state index in [1.165, 1.54) is 33.4 Å². The molecule has 1 heterocycles. The first-order chi connectivity index (χ1) is 16.7. The van der Waals surface area contributed by atoms with E-state index in [9.17, 15) is 0 Å². The summed E-state index contributed by atoms with van der Waals surface area (Å²) < 4.78 is 0. The number of hydrogen-bond donors (Lipinski definition) is 0. The van der Waals surface area contributed by atoms with Crippen molar-refractivity contribution in [3.63, 3.8) is 0 Å². The van der Waals surface area contributed by atoms with Crippen LogP contribution < -0.4 is 37.2 Å². The van der Waals surface area contributed by atoms with Crippen LogP contribution in [0.4, 0.5) is 11.4 Å². The minimum Gasteiger partial charge on any atom is -1.00 e. The third kappa shape index (κ3) is 9.88. The Balaban J connectivity index is 0. The molecule has 0 saturated heterocycles. The molecule has 0 aliphatic heterocycles. The first-order valence-electron chi connectivity index (χ1n) is 12.7. The minimum atomic E-state index is 0. The number of rotatable bonds is 8. The van der Waals surface area contributed by atoms with Gasteiger partial charge in [-0.1, -0.05) is 74.7 Å². The SMILES string of the molecule is CCc1cc(C)cc(CC)c1N=C(C)c1cc(Cl)cc(C(C)=Nc2c(CC)cc(C)cc2CC)n1.[Cl-].[Cl-].[Cl-].[Co+3]. The summed E-state index contributed by atoms with van der Waals surface area (Å²) >= 11 is 6.57. The van der Waals surface area contributed by atoms with E-state index < -0.39 is 0 Å². The van der Waals surface area contributed by atoms with Crippen molar-refractivity contribution in [2.24, 2.45) is 9.98 Å². The van der Waals surface area contributed by atoms with E-state index in [0.29, 0.717) is 5.02 Å². The molecule has 39 heavy (non-hydrogen) atoms. The molecule has 0 unspecified atom stereocenters. The van der Waals surface area contributed by atoms with Gasteiger partial charge in [0.05, 0.1) is 34.2 Å². The van der Waals surface area contributed by atoms with Gasteiger partial charge in [0.1, 0.15) is 0 Å². The molecule has 8 heteroatoms. The number of nitrogens with zero attached hydrogens (tertiary/aromatic N) is 3. The fourth-order valence-electron chi connectivity index (χ4n) is 4.55. The molecule has 3 nitrogen and oxygen atoms in total. The average molecular weight is 653 g/mol. The van der Waals surface area contributed by atoms with Gasteiger partial charge in [-0.2, -0.15) is 0 Å². The van der Waals surface area contributed by atoms with E-state index in [4.69, 9.17) is 26.6 Å². The van der Waals surface area contributed by atoms with E-state index in [1.807, 2.05) is 26.0 Å². The van der Waals surface area contributed by atoms with E-state index in [-0.39, 0.29) is 54.0 Å². The van der Waals surface area contributed by atoms with Crippen molar-refractivity contribution in [3.05, 3.63) is 86.2 Å². The third-order valence-corrected chi connectivity index (χ3v) is 6.66. The van der Waals surface area contributed by atoms with Crippen LogP contribution in [0.25, 0.3) is 0 Å². The van der Waals surface area contributed by atoms with Gasteiger partial charge in [-0.3, -0.25) is 9.98 Å². The molecule has 0 radical (unpaired) electrons. The van der Waals surface area contributed by atoms with E-state index in [0.717, 1.165) is 59.9 Å². The Morgan fingerprint density at radius 1 is 0.615 bits per heavy atom. The Bertz CT molecular complexity index is 1160. The van der Waals surface area contributed by atoms with Crippen LogP contribution in [0.3, 0.4) is 0 Å². The molecule has 0 aliphatic carbocycles. The van der Waals surface area contributed by atoms with Gasteiger partial charge in [0.25, 0.3) is 0 Å². The van der Waals surface area contributed by atoms with Crippen molar-refractivity contribution < 1.29 is 54.0 Å².